The Morgan fingerprint density at radius 3 is 2.67 bits per heavy atom. The van der Waals surface area contributed by atoms with Crippen molar-refractivity contribution in [3.05, 3.63) is 0 Å². The maximum absolute atomic E-state index is 11.7. The van der Waals surface area contributed by atoms with E-state index < -0.39 is 11.6 Å². The Morgan fingerprint density at radius 2 is 2.20 bits per heavy atom. The van der Waals surface area contributed by atoms with Gasteiger partial charge in [-0.1, -0.05) is 0 Å². The molecular weight excluding hydrogens is 192 g/mol. The highest BCUT2D eigenvalue weighted by molar-refractivity contribution is 5.76. The lowest BCUT2D eigenvalue weighted by Crippen LogP contribution is -2.47. The number of hydrogen-bond donors (Lipinski definition) is 2. The second-order valence-electron chi connectivity index (χ2n) is 5.17. The highest BCUT2D eigenvalue weighted by atomic mass is 16.6. The van der Waals surface area contributed by atoms with Crippen LogP contribution >= 0.6 is 0 Å². The van der Waals surface area contributed by atoms with E-state index in [0.717, 1.165) is 25.9 Å². The number of rotatable bonds is 2. The second kappa shape index (κ2) is 4.94. The second-order valence-corrected chi connectivity index (χ2v) is 5.17. The van der Waals surface area contributed by atoms with E-state index >= 15 is 0 Å². The molecule has 1 rings (SSSR count). The Morgan fingerprint density at radius 1 is 1.53 bits per heavy atom. The highest BCUT2D eigenvalue weighted by Gasteiger charge is 2.29. The summed E-state index contributed by atoms with van der Waals surface area (Å²) in [5.74, 6) is -0.0650. The quantitative estimate of drug-likeness (QED) is 0.663. The van der Waals surface area contributed by atoms with Crippen molar-refractivity contribution in [3.8, 4) is 0 Å². The molecule has 0 aromatic heterocycles. The van der Waals surface area contributed by atoms with E-state index in [2.05, 4.69) is 5.32 Å². The number of hydrogen-bond acceptors (Lipinski definition) is 4. The van der Waals surface area contributed by atoms with Crippen LogP contribution in [0.1, 0.15) is 33.6 Å². The van der Waals surface area contributed by atoms with Crippen LogP contribution in [-0.4, -0.2) is 30.7 Å². The average Bonchev–Trinajstić information content (AvgIpc) is 2.15. The van der Waals surface area contributed by atoms with Gasteiger partial charge in [0.25, 0.3) is 0 Å². The van der Waals surface area contributed by atoms with Gasteiger partial charge in [0.1, 0.15) is 11.6 Å². The molecule has 15 heavy (non-hydrogen) atoms. The van der Waals surface area contributed by atoms with Crippen LogP contribution in [0.3, 0.4) is 0 Å². The molecular formula is C11H22N2O2. The third-order valence-electron chi connectivity index (χ3n) is 2.52. The van der Waals surface area contributed by atoms with E-state index in [0.29, 0.717) is 0 Å². The number of esters is 1. The zero-order valence-electron chi connectivity index (χ0n) is 9.88. The molecule has 0 bridgehead atoms. The maximum Gasteiger partial charge on any atom is 0.323 e. The maximum atomic E-state index is 11.7. The molecule has 1 aliphatic rings. The van der Waals surface area contributed by atoms with Crippen LogP contribution in [0.2, 0.25) is 0 Å². The first-order chi connectivity index (χ1) is 6.90. The van der Waals surface area contributed by atoms with Crippen LogP contribution in [0.4, 0.5) is 0 Å². The molecule has 88 valence electrons. The first-order valence-electron chi connectivity index (χ1n) is 5.59. The van der Waals surface area contributed by atoms with Crippen LogP contribution in [0, 0.1) is 5.92 Å². The number of piperidine rings is 1. The normalized spacial score (nSPS) is 24.7. The smallest absolute Gasteiger partial charge is 0.323 e. The van der Waals surface area contributed by atoms with Gasteiger partial charge in [-0.2, -0.15) is 0 Å². The fourth-order valence-electron chi connectivity index (χ4n) is 1.75. The number of nitrogens with two attached hydrogens (primary N) is 1. The van der Waals surface area contributed by atoms with Crippen molar-refractivity contribution in [2.75, 3.05) is 13.1 Å². The zero-order chi connectivity index (χ0) is 11.5. The van der Waals surface area contributed by atoms with E-state index in [1.807, 2.05) is 20.8 Å². The molecule has 2 atom stereocenters. The van der Waals surface area contributed by atoms with Crippen LogP contribution in [0.25, 0.3) is 0 Å². The van der Waals surface area contributed by atoms with Gasteiger partial charge >= 0.3 is 5.97 Å². The molecule has 1 aliphatic heterocycles. The SMILES string of the molecule is CC(C)(C)OC(=O)C(N)[C@H]1CCCNC1. The molecule has 0 aromatic rings. The van der Waals surface area contributed by atoms with Gasteiger partial charge in [-0.25, -0.2) is 0 Å². The van der Waals surface area contributed by atoms with Crippen molar-refractivity contribution in [2.24, 2.45) is 11.7 Å². The van der Waals surface area contributed by atoms with Crippen molar-refractivity contribution in [1.29, 1.82) is 0 Å². The standard InChI is InChI=1S/C11H22N2O2/c1-11(2,3)15-10(14)9(12)8-5-4-6-13-7-8/h8-9,13H,4-7,12H2,1-3H3/t8-,9?/m0/s1. The van der Waals surface area contributed by atoms with Gasteiger partial charge in [0.05, 0.1) is 0 Å². The molecule has 4 heteroatoms. The van der Waals surface area contributed by atoms with E-state index in [4.69, 9.17) is 10.5 Å². The third-order valence-corrected chi connectivity index (χ3v) is 2.52. The molecule has 0 radical (unpaired) electrons. The minimum absolute atomic E-state index is 0.216. The largest absolute Gasteiger partial charge is 0.459 e. The Labute approximate surface area is 91.5 Å². The van der Waals surface area contributed by atoms with Crippen molar-refractivity contribution >= 4 is 5.97 Å². The molecule has 1 heterocycles. The molecule has 1 fully saturated rings. The molecule has 1 saturated heterocycles. The average molecular weight is 214 g/mol. The molecule has 1 unspecified atom stereocenters. The highest BCUT2D eigenvalue weighted by Crippen LogP contribution is 2.16. The van der Waals surface area contributed by atoms with Gasteiger partial charge in [0, 0.05) is 6.54 Å². The predicted molar refractivity (Wildman–Crippen MR) is 59.4 cm³/mol. The molecule has 0 saturated carbocycles. The summed E-state index contributed by atoms with van der Waals surface area (Å²) < 4.78 is 5.26. The summed E-state index contributed by atoms with van der Waals surface area (Å²) >= 11 is 0. The summed E-state index contributed by atoms with van der Waals surface area (Å²) in [7, 11) is 0. The van der Waals surface area contributed by atoms with Crippen molar-refractivity contribution < 1.29 is 9.53 Å². The monoisotopic (exact) mass is 214 g/mol. The lowest BCUT2D eigenvalue weighted by Gasteiger charge is -2.29. The summed E-state index contributed by atoms with van der Waals surface area (Å²) in [6.45, 7) is 7.42. The van der Waals surface area contributed by atoms with E-state index in [9.17, 15) is 4.79 Å². The number of nitrogens with one attached hydrogen (secondary N) is 1. The van der Waals surface area contributed by atoms with Gasteiger partial charge < -0.3 is 15.8 Å². The number of carbonyl (C=O) groups is 1. The summed E-state index contributed by atoms with van der Waals surface area (Å²) in [5.41, 5.74) is 5.44. The molecule has 0 aliphatic carbocycles. The Balaban J connectivity index is 2.44. The van der Waals surface area contributed by atoms with E-state index in [-0.39, 0.29) is 11.9 Å². The van der Waals surface area contributed by atoms with Gasteiger partial charge in [0.2, 0.25) is 0 Å². The lowest BCUT2D eigenvalue weighted by atomic mass is 9.92. The summed E-state index contributed by atoms with van der Waals surface area (Å²) in [5, 5.41) is 3.25. The Bertz CT molecular complexity index is 217. The summed E-state index contributed by atoms with van der Waals surface area (Å²) in [6.07, 6.45) is 2.09. The van der Waals surface area contributed by atoms with E-state index in [1.165, 1.54) is 0 Å². The number of ether oxygens (including phenoxy) is 1. The van der Waals surface area contributed by atoms with Crippen LogP contribution in [-0.2, 0) is 9.53 Å². The zero-order valence-corrected chi connectivity index (χ0v) is 9.88. The van der Waals surface area contributed by atoms with Crippen molar-refractivity contribution in [1.82, 2.24) is 5.32 Å². The van der Waals surface area contributed by atoms with Gasteiger partial charge in [-0.15, -0.1) is 0 Å². The first-order valence-corrected chi connectivity index (χ1v) is 5.59. The van der Waals surface area contributed by atoms with Crippen LogP contribution < -0.4 is 11.1 Å². The lowest BCUT2D eigenvalue weighted by molar-refractivity contribution is -0.158. The van der Waals surface area contributed by atoms with Crippen molar-refractivity contribution in [2.45, 2.75) is 45.3 Å². The first kappa shape index (κ1) is 12.5. The topological polar surface area (TPSA) is 64.3 Å². The predicted octanol–water partition coefficient (Wildman–Crippen LogP) is 0.655. The molecule has 0 aromatic carbocycles. The number of carbonyl (C=O) groups excluding carboxylic acids is 1. The summed E-state index contributed by atoms with van der Waals surface area (Å²) in [6, 6.07) is -0.489. The molecule has 3 N–H and O–H groups in total. The summed E-state index contributed by atoms with van der Waals surface area (Å²) in [4.78, 5) is 11.7. The fourth-order valence-corrected chi connectivity index (χ4v) is 1.75. The van der Waals surface area contributed by atoms with Gasteiger partial charge in [0.15, 0.2) is 0 Å². The van der Waals surface area contributed by atoms with Crippen molar-refractivity contribution in [3.63, 3.8) is 0 Å². The fraction of sp³-hybridized carbons (Fsp3) is 0.909. The molecule has 0 amide bonds. The minimum Gasteiger partial charge on any atom is -0.459 e. The van der Waals surface area contributed by atoms with Crippen LogP contribution in [0.15, 0.2) is 0 Å². The van der Waals surface area contributed by atoms with E-state index in [1.54, 1.807) is 0 Å². The molecule has 4 nitrogen and oxygen atoms in total. The third kappa shape index (κ3) is 4.18. The van der Waals surface area contributed by atoms with Gasteiger partial charge in [-0.05, 0) is 46.1 Å². The van der Waals surface area contributed by atoms with Gasteiger partial charge in [-0.3, -0.25) is 4.79 Å². The Hall–Kier alpha value is -0.610. The molecule has 0 spiro atoms. The van der Waals surface area contributed by atoms with Crippen LogP contribution in [0.5, 0.6) is 0 Å². The Kier molecular flexibility index (Phi) is 4.11. The minimum atomic E-state index is -0.489.